The standard InChI is InChI=1S/C30H28N4O2/c1-2-34-20-23(25-13-7-9-15-28(25)34)18-27(33-29(35)21-10-4-3-5-11-21)30(36)31-17-16-22-19-32-26-14-8-6-12-24(22)26/h3-15,18-20,32H,2,16-17H2,1H3,(H,31,36)(H,33,35). The van der Waals surface area contributed by atoms with Gasteiger partial charge in [-0.3, -0.25) is 9.59 Å². The largest absolute Gasteiger partial charge is 0.361 e. The number of carbonyl (C=O) groups excluding carboxylic acids is 2. The zero-order valence-corrected chi connectivity index (χ0v) is 20.1. The average molecular weight is 477 g/mol. The van der Waals surface area contributed by atoms with Crippen molar-refractivity contribution in [2.45, 2.75) is 19.9 Å². The van der Waals surface area contributed by atoms with Crippen LogP contribution >= 0.6 is 0 Å². The van der Waals surface area contributed by atoms with Gasteiger partial charge in [0.1, 0.15) is 5.70 Å². The van der Waals surface area contributed by atoms with Gasteiger partial charge in [-0.1, -0.05) is 54.6 Å². The first kappa shape index (κ1) is 23.2. The number of rotatable bonds is 8. The normalized spacial score (nSPS) is 11.6. The molecule has 0 aliphatic heterocycles. The van der Waals surface area contributed by atoms with Crippen LogP contribution in [0.25, 0.3) is 27.9 Å². The van der Waals surface area contributed by atoms with Gasteiger partial charge in [-0.15, -0.1) is 0 Å². The van der Waals surface area contributed by atoms with Crippen LogP contribution in [0.1, 0.15) is 28.4 Å². The highest BCUT2D eigenvalue weighted by Crippen LogP contribution is 2.23. The van der Waals surface area contributed by atoms with E-state index >= 15 is 0 Å². The van der Waals surface area contributed by atoms with E-state index in [1.807, 2.05) is 54.9 Å². The second-order valence-corrected chi connectivity index (χ2v) is 8.63. The van der Waals surface area contributed by atoms with Crippen LogP contribution in [0.3, 0.4) is 0 Å². The van der Waals surface area contributed by atoms with Crippen molar-refractivity contribution in [3.63, 3.8) is 0 Å². The van der Waals surface area contributed by atoms with Crippen LogP contribution in [-0.2, 0) is 17.8 Å². The summed E-state index contributed by atoms with van der Waals surface area (Å²) in [7, 11) is 0. The summed E-state index contributed by atoms with van der Waals surface area (Å²) in [6, 6.07) is 25.1. The lowest BCUT2D eigenvalue weighted by Gasteiger charge is -2.11. The lowest BCUT2D eigenvalue weighted by atomic mass is 10.1. The van der Waals surface area contributed by atoms with Gasteiger partial charge in [0.25, 0.3) is 11.8 Å². The van der Waals surface area contributed by atoms with Gasteiger partial charge >= 0.3 is 0 Å². The van der Waals surface area contributed by atoms with Crippen LogP contribution in [0, 0.1) is 0 Å². The first-order valence-electron chi connectivity index (χ1n) is 12.1. The molecule has 0 atom stereocenters. The number of benzene rings is 3. The Bertz CT molecular complexity index is 1560. The fourth-order valence-corrected chi connectivity index (χ4v) is 4.49. The van der Waals surface area contributed by atoms with Gasteiger partial charge in [0.15, 0.2) is 0 Å². The van der Waals surface area contributed by atoms with Gasteiger partial charge in [0.05, 0.1) is 0 Å². The number of amides is 2. The first-order chi connectivity index (χ1) is 17.6. The molecule has 0 radical (unpaired) electrons. The highest BCUT2D eigenvalue weighted by Gasteiger charge is 2.16. The minimum Gasteiger partial charge on any atom is -0.361 e. The summed E-state index contributed by atoms with van der Waals surface area (Å²) in [6.45, 7) is 3.32. The molecule has 2 heterocycles. The van der Waals surface area contributed by atoms with E-state index in [2.05, 4.69) is 39.2 Å². The lowest BCUT2D eigenvalue weighted by Crippen LogP contribution is -2.35. The second-order valence-electron chi connectivity index (χ2n) is 8.63. The van der Waals surface area contributed by atoms with E-state index in [4.69, 9.17) is 0 Å². The Morgan fingerprint density at radius 3 is 2.44 bits per heavy atom. The number of nitrogens with one attached hydrogen (secondary N) is 3. The zero-order valence-electron chi connectivity index (χ0n) is 20.1. The fraction of sp³-hybridized carbons (Fsp3) is 0.133. The van der Waals surface area contributed by atoms with Crippen molar-refractivity contribution in [3.05, 3.63) is 114 Å². The van der Waals surface area contributed by atoms with Crippen molar-refractivity contribution in [3.8, 4) is 0 Å². The number of aromatic amines is 1. The third-order valence-electron chi connectivity index (χ3n) is 6.34. The molecular weight excluding hydrogens is 448 g/mol. The molecule has 0 bridgehead atoms. The molecule has 0 spiro atoms. The molecule has 3 N–H and O–H groups in total. The fourth-order valence-electron chi connectivity index (χ4n) is 4.49. The predicted molar refractivity (Wildman–Crippen MR) is 145 cm³/mol. The van der Waals surface area contributed by atoms with Gasteiger partial charge in [-0.25, -0.2) is 0 Å². The quantitative estimate of drug-likeness (QED) is 0.267. The Hall–Kier alpha value is -4.58. The molecule has 6 heteroatoms. The van der Waals surface area contributed by atoms with E-state index in [0.717, 1.165) is 39.5 Å². The molecule has 0 fully saturated rings. The summed E-state index contributed by atoms with van der Waals surface area (Å²) in [5.41, 5.74) is 4.87. The van der Waals surface area contributed by atoms with Gasteiger partial charge in [-0.05, 0) is 49.2 Å². The number of aromatic nitrogens is 2. The monoisotopic (exact) mass is 476 g/mol. The number of fused-ring (bicyclic) bond motifs is 2. The van der Waals surface area contributed by atoms with Crippen LogP contribution in [0.2, 0.25) is 0 Å². The second kappa shape index (κ2) is 10.4. The molecule has 0 saturated heterocycles. The van der Waals surface area contributed by atoms with Crippen molar-refractivity contribution in [2.75, 3.05) is 6.54 Å². The van der Waals surface area contributed by atoms with Crippen molar-refractivity contribution in [1.82, 2.24) is 20.2 Å². The summed E-state index contributed by atoms with van der Waals surface area (Å²) in [4.78, 5) is 29.5. The maximum atomic E-state index is 13.3. The molecule has 0 unspecified atom stereocenters. The summed E-state index contributed by atoms with van der Waals surface area (Å²) >= 11 is 0. The maximum Gasteiger partial charge on any atom is 0.267 e. The van der Waals surface area contributed by atoms with Gasteiger partial charge in [0.2, 0.25) is 0 Å². The van der Waals surface area contributed by atoms with Crippen LogP contribution in [-0.4, -0.2) is 27.9 Å². The van der Waals surface area contributed by atoms with E-state index in [0.29, 0.717) is 18.5 Å². The van der Waals surface area contributed by atoms with Crippen LogP contribution in [0.5, 0.6) is 0 Å². The molecule has 5 rings (SSSR count). The number of para-hydroxylation sites is 2. The van der Waals surface area contributed by atoms with Gasteiger partial charge in [0, 0.05) is 58.4 Å². The molecule has 0 saturated carbocycles. The number of nitrogens with zero attached hydrogens (tertiary/aromatic N) is 1. The van der Waals surface area contributed by atoms with E-state index in [1.54, 1.807) is 30.3 Å². The SMILES string of the molecule is CCn1cc(C=C(NC(=O)c2ccccc2)C(=O)NCCc2c[nH]c3ccccc23)c2ccccc21. The maximum absolute atomic E-state index is 13.3. The first-order valence-corrected chi connectivity index (χ1v) is 12.1. The highest BCUT2D eigenvalue weighted by atomic mass is 16.2. The predicted octanol–water partition coefficient (Wildman–Crippen LogP) is 5.27. The molecule has 36 heavy (non-hydrogen) atoms. The molecule has 2 amide bonds. The minimum absolute atomic E-state index is 0.210. The van der Waals surface area contributed by atoms with E-state index in [9.17, 15) is 9.59 Å². The Morgan fingerprint density at radius 1 is 0.917 bits per heavy atom. The Morgan fingerprint density at radius 2 is 1.64 bits per heavy atom. The van der Waals surface area contributed by atoms with Crippen molar-refractivity contribution in [1.29, 1.82) is 0 Å². The van der Waals surface area contributed by atoms with Crippen molar-refractivity contribution in [2.24, 2.45) is 0 Å². The zero-order chi connectivity index (χ0) is 24.9. The topological polar surface area (TPSA) is 78.9 Å². The third kappa shape index (κ3) is 4.79. The van der Waals surface area contributed by atoms with Crippen LogP contribution in [0.4, 0.5) is 0 Å². The summed E-state index contributed by atoms with van der Waals surface area (Å²) in [5, 5.41) is 8.00. The van der Waals surface area contributed by atoms with Crippen molar-refractivity contribution < 1.29 is 9.59 Å². The van der Waals surface area contributed by atoms with E-state index < -0.39 is 0 Å². The van der Waals surface area contributed by atoms with E-state index in [1.165, 1.54) is 0 Å². The van der Waals surface area contributed by atoms with Crippen molar-refractivity contribution >= 4 is 39.7 Å². The molecule has 180 valence electrons. The number of aryl methyl sites for hydroxylation is 1. The van der Waals surface area contributed by atoms with Gasteiger partial charge in [-0.2, -0.15) is 0 Å². The third-order valence-corrected chi connectivity index (χ3v) is 6.34. The molecule has 5 aromatic rings. The molecular formula is C30H28N4O2. The summed E-state index contributed by atoms with van der Waals surface area (Å²) in [6.07, 6.45) is 6.42. The molecule has 0 aliphatic rings. The molecule has 3 aromatic carbocycles. The van der Waals surface area contributed by atoms with E-state index in [-0.39, 0.29) is 17.5 Å². The number of carbonyl (C=O) groups is 2. The number of hydrogen-bond acceptors (Lipinski definition) is 2. The Labute approximate surface area is 209 Å². The molecule has 2 aromatic heterocycles. The number of hydrogen-bond donors (Lipinski definition) is 3. The minimum atomic E-state index is -0.326. The number of H-pyrrole nitrogens is 1. The summed E-state index contributed by atoms with van der Waals surface area (Å²) in [5.74, 6) is -0.652. The van der Waals surface area contributed by atoms with Crippen LogP contribution in [0.15, 0.2) is 97.0 Å². The summed E-state index contributed by atoms with van der Waals surface area (Å²) < 4.78 is 2.13. The van der Waals surface area contributed by atoms with Gasteiger partial charge < -0.3 is 20.2 Å². The molecule has 0 aliphatic carbocycles. The molecule has 6 nitrogen and oxygen atoms in total. The lowest BCUT2D eigenvalue weighted by molar-refractivity contribution is -0.117. The Kier molecular flexibility index (Phi) is 6.67. The Balaban J connectivity index is 1.40. The van der Waals surface area contributed by atoms with Crippen LogP contribution < -0.4 is 10.6 Å². The highest BCUT2D eigenvalue weighted by molar-refractivity contribution is 6.06. The smallest absolute Gasteiger partial charge is 0.267 e. The average Bonchev–Trinajstić information content (AvgIpc) is 3.50.